The standard InChI is InChI=1S/C28H29N7O3/c1-32-15-18(14-30-32)16-35-23-8-4-3-6-19(23)13-25(35)26-31-22-12-20(9-10-24(22)33(26)2)27(36)34-11-5-7-21(17-34)38-28(29)37/h3-4,6,8-10,12-15,21H,5,7,11,16-17H2,1-2H3,(H2,29,37). The summed E-state index contributed by atoms with van der Waals surface area (Å²) >= 11 is 0. The summed E-state index contributed by atoms with van der Waals surface area (Å²) in [5.41, 5.74) is 10.6. The van der Waals surface area contributed by atoms with Gasteiger partial charge in [0, 0.05) is 48.9 Å². The van der Waals surface area contributed by atoms with Crippen LogP contribution in [0, 0.1) is 0 Å². The minimum Gasteiger partial charge on any atom is -0.445 e. The Morgan fingerprint density at radius 2 is 1.95 bits per heavy atom. The van der Waals surface area contributed by atoms with Gasteiger partial charge >= 0.3 is 6.09 Å². The zero-order chi connectivity index (χ0) is 26.4. The highest BCUT2D eigenvalue weighted by atomic mass is 16.6. The third-order valence-corrected chi connectivity index (χ3v) is 7.21. The van der Waals surface area contributed by atoms with Crippen molar-refractivity contribution in [2.45, 2.75) is 25.5 Å². The molecule has 1 atom stereocenters. The third kappa shape index (κ3) is 4.27. The number of primary amides is 1. The van der Waals surface area contributed by atoms with Crippen molar-refractivity contribution in [1.29, 1.82) is 0 Å². The maximum absolute atomic E-state index is 13.3. The van der Waals surface area contributed by atoms with Crippen molar-refractivity contribution in [3.05, 3.63) is 72.1 Å². The van der Waals surface area contributed by atoms with Crippen LogP contribution in [0.2, 0.25) is 0 Å². The molecule has 38 heavy (non-hydrogen) atoms. The number of aromatic nitrogens is 5. The van der Waals surface area contributed by atoms with E-state index >= 15 is 0 Å². The Morgan fingerprint density at radius 1 is 1.11 bits per heavy atom. The van der Waals surface area contributed by atoms with Crippen LogP contribution >= 0.6 is 0 Å². The maximum atomic E-state index is 13.3. The molecule has 0 saturated carbocycles. The number of nitrogens with zero attached hydrogens (tertiary/aromatic N) is 6. The predicted octanol–water partition coefficient (Wildman–Crippen LogP) is 3.68. The number of benzene rings is 2. The molecule has 0 aliphatic carbocycles. The van der Waals surface area contributed by atoms with Gasteiger partial charge in [0.15, 0.2) is 5.82 Å². The number of amides is 2. The van der Waals surface area contributed by atoms with Crippen molar-refractivity contribution in [2.24, 2.45) is 19.8 Å². The number of ether oxygens (including phenoxy) is 1. The molecule has 194 valence electrons. The lowest BCUT2D eigenvalue weighted by atomic mass is 10.1. The van der Waals surface area contributed by atoms with Gasteiger partial charge in [-0.2, -0.15) is 5.10 Å². The molecular weight excluding hydrogens is 482 g/mol. The lowest BCUT2D eigenvalue weighted by Gasteiger charge is -2.32. The molecule has 2 N–H and O–H groups in total. The van der Waals surface area contributed by atoms with Crippen molar-refractivity contribution in [3.63, 3.8) is 0 Å². The van der Waals surface area contributed by atoms with Gasteiger partial charge in [0.2, 0.25) is 0 Å². The molecule has 0 spiro atoms. The fraction of sp³-hybridized carbons (Fsp3) is 0.286. The molecule has 10 heteroatoms. The van der Waals surface area contributed by atoms with Crippen LogP contribution in [0.3, 0.4) is 0 Å². The van der Waals surface area contributed by atoms with E-state index in [1.807, 2.05) is 56.8 Å². The van der Waals surface area contributed by atoms with Crippen LogP contribution < -0.4 is 5.73 Å². The molecule has 3 aromatic heterocycles. The lowest BCUT2D eigenvalue weighted by Crippen LogP contribution is -2.44. The molecular formula is C28H29N7O3. The van der Waals surface area contributed by atoms with E-state index < -0.39 is 6.09 Å². The first-order chi connectivity index (χ1) is 18.4. The van der Waals surface area contributed by atoms with Crippen LogP contribution in [0.25, 0.3) is 33.5 Å². The molecule has 6 rings (SSSR count). The van der Waals surface area contributed by atoms with Gasteiger partial charge in [0.25, 0.3) is 5.91 Å². The number of fused-ring (bicyclic) bond motifs is 2. The first-order valence-corrected chi connectivity index (χ1v) is 12.7. The highest BCUT2D eigenvalue weighted by molar-refractivity contribution is 5.98. The first kappa shape index (κ1) is 23.8. The number of hydrogen-bond acceptors (Lipinski definition) is 5. The van der Waals surface area contributed by atoms with E-state index in [0.29, 0.717) is 31.6 Å². The molecule has 1 aliphatic heterocycles. The summed E-state index contributed by atoms with van der Waals surface area (Å²) in [6.45, 7) is 1.60. The van der Waals surface area contributed by atoms with Gasteiger partial charge in [-0.15, -0.1) is 0 Å². The van der Waals surface area contributed by atoms with Crippen LogP contribution in [-0.4, -0.2) is 60.0 Å². The SMILES string of the molecule is Cn1cc(Cn2c(-c3nc4cc(C(=O)N5CCCC(OC(N)=O)C5)ccc4n3C)cc3ccccc32)cn1. The van der Waals surface area contributed by atoms with E-state index in [9.17, 15) is 9.59 Å². The summed E-state index contributed by atoms with van der Waals surface area (Å²) < 4.78 is 11.3. The third-order valence-electron chi connectivity index (χ3n) is 7.21. The number of likely N-dealkylation sites (tertiary alicyclic amines) is 1. The van der Waals surface area contributed by atoms with E-state index in [0.717, 1.165) is 45.4 Å². The number of nitrogens with two attached hydrogens (primary N) is 1. The molecule has 0 bridgehead atoms. The number of hydrogen-bond donors (Lipinski definition) is 1. The van der Waals surface area contributed by atoms with Crippen LogP contribution in [-0.2, 0) is 25.4 Å². The van der Waals surface area contributed by atoms with Crippen LogP contribution in [0.1, 0.15) is 28.8 Å². The van der Waals surface area contributed by atoms with Crippen LogP contribution in [0.15, 0.2) is 60.9 Å². The Kier molecular flexibility index (Phi) is 5.86. The molecule has 2 aromatic carbocycles. The summed E-state index contributed by atoms with van der Waals surface area (Å²) in [5.74, 6) is 0.708. The second-order valence-corrected chi connectivity index (χ2v) is 9.85. The predicted molar refractivity (Wildman–Crippen MR) is 144 cm³/mol. The smallest absolute Gasteiger partial charge is 0.404 e. The van der Waals surface area contributed by atoms with Gasteiger partial charge in [-0.25, -0.2) is 9.78 Å². The van der Waals surface area contributed by atoms with E-state index in [1.165, 1.54) is 0 Å². The van der Waals surface area contributed by atoms with Crippen molar-refractivity contribution < 1.29 is 14.3 Å². The number of carbonyl (C=O) groups excluding carboxylic acids is 2. The number of para-hydroxylation sites is 1. The molecule has 4 heterocycles. The largest absolute Gasteiger partial charge is 0.445 e. The number of imidazole rings is 1. The Morgan fingerprint density at radius 3 is 2.74 bits per heavy atom. The fourth-order valence-electron chi connectivity index (χ4n) is 5.43. The second kappa shape index (κ2) is 9.37. The van der Waals surface area contributed by atoms with E-state index in [-0.39, 0.29) is 12.0 Å². The quantitative estimate of drug-likeness (QED) is 0.387. The van der Waals surface area contributed by atoms with Crippen molar-refractivity contribution >= 4 is 33.9 Å². The molecule has 0 radical (unpaired) electrons. The summed E-state index contributed by atoms with van der Waals surface area (Å²) in [6, 6.07) is 16.1. The zero-order valence-corrected chi connectivity index (χ0v) is 21.4. The van der Waals surface area contributed by atoms with E-state index in [4.69, 9.17) is 15.5 Å². The summed E-state index contributed by atoms with van der Waals surface area (Å²) in [7, 11) is 3.91. The average molecular weight is 512 g/mol. The van der Waals surface area contributed by atoms with E-state index in [1.54, 1.807) is 9.58 Å². The van der Waals surface area contributed by atoms with E-state index in [2.05, 4.69) is 32.4 Å². The van der Waals surface area contributed by atoms with Crippen molar-refractivity contribution in [1.82, 2.24) is 28.8 Å². The fourth-order valence-corrected chi connectivity index (χ4v) is 5.43. The molecule has 5 aromatic rings. The topological polar surface area (TPSA) is 113 Å². The molecule has 1 aliphatic rings. The van der Waals surface area contributed by atoms with Gasteiger partial charge in [-0.05, 0) is 43.2 Å². The number of rotatable bonds is 5. The van der Waals surface area contributed by atoms with Gasteiger partial charge < -0.3 is 24.5 Å². The highest BCUT2D eigenvalue weighted by Crippen LogP contribution is 2.31. The van der Waals surface area contributed by atoms with Crippen molar-refractivity contribution in [3.8, 4) is 11.5 Å². The minimum absolute atomic E-state index is 0.109. The second-order valence-electron chi connectivity index (χ2n) is 9.85. The minimum atomic E-state index is -0.812. The molecule has 1 saturated heterocycles. The molecule has 1 fully saturated rings. The number of carbonyl (C=O) groups is 2. The normalized spacial score (nSPS) is 15.8. The average Bonchev–Trinajstić information content (AvgIpc) is 3.58. The van der Waals surface area contributed by atoms with Gasteiger partial charge in [0.05, 0.1) is 36.0 Å². The zero-order valence-electron chi connectivity index (χ0n) is 21.4. The number of piperidine rings is 1. The lowest BCUT2D eigenvalue weighted by molar-refractivity contribution is 0.0373. The summed E-state index contributed by atoms with van der Waals surface area (Å²) in [5, 5.41) is 5.46. The molecule has 1 unspecified atom stereocenters. The Labute approximate surface area is 219 Å². The molecule has 10 nitrogen and oxygen atoms in total. The first-order valence-electron chi connectivity index (χ1n) is 12.7. The van der Waals surface area contributed by atoms with Gasteiger partial charge in [-0.3, -0.25) is 9.48 Å². The summed E-state index contributed by atoms with van der Waals surface area (Å²) in [4.78, 5) is 31.2. The molecule has 2 amide bonds. The maximum Gasteiger partial charge on any atom is 0.404 e. The van der Waals surface area contributed by atoms with Gasteiger partial charge in [0.1, 0.15) is 6.10 Å². The van der Waals surface area contributed by atoms with Gasteiger partial charge in [-0.1, -0.05) is 18.2 Å². The summed E-state index contributed by atoms with van der Waals surface area (Å²) in [6.07, 6.45) is 4.16. The monoisotopic (exact) mass is 511 g/mol. The van der Waals surface area contributed by atoms with Crippen LogP contribution in [0.4, 0.5) is 4.79 Å². The Bertz CT molecular complexity index is 1680. The van der Waals surface area contributed by atoms with Crippen LogP contribution in [0.5, 0.6) is 0 Å². The Hall–Kier alpha value is -4.60. The number of aryl methyl sites for hydroxylation is 2. The highest BCUT2D eigenvalue weighted by Gasteiger charge is 2.27. The van der Waals surface area contributed by atoms with Crippen molar-refractivity contribution in [2.75, 3.05) is 13.1 Å². The Balaban J connectivity index is 1.36.